The maximum absolute atomic E-state index is 4.50. The van der Waals surface area contributed by atoms with Crippen molar-refractivity contribution in [1.82, 2.24) is 10.2 Å². The molecule has 4 aliphatic rings. The first-order valence-electron chi connectivity index (χ1n) is 7.12. The molecule has 0 spiro atoms. The van der Waals surface area contributed by atoms with Gasteiger partial charge in [-0.05, 0) is 37.3 Å². The molecule has 17 heavy (non-hydrogen) atoms. The number of dihydropyridines is 1. The zero-order valence-corrected chi connectivity index (χ0v) is 10.3. The molecule has 0 aromatic rings. The first-order valence-corrected chi connectivity index (χ1v) is 7.12. The highest BCUT2D eigenvalue weighted by molar-refractivity contribution is 5.73. The number of hydrogen-bond acceptors (Lipinski definition) is 3. The largest absolute Gasteiger partial charge is 0.370 e. The Balaban J connectivity index is 1.75. The first kappa shape index (κ1) is 10.1. The molecule has 0 aromatic carbocycles. The summed E-state index contributed by atoms with van der Waals surface area (Å²) in [6.45, 7) is 4.64. The van der Waals surface area contributed by atoms with Crippen molar-refractivity contribution in [3.8, 4) is 0 Å². The number of fused-ring (bicyclic) bond motifs is 3. The second-order valence-electron chi connectivity index (χ2n) is 5.96. The van der Waals surface area contributed by atoms with E-state index >= 15 is 0 Å². The summed E-state index contributed by atoms with van der Waals surface area (Å²) in [5, 5.41) is 3.62. The molecular weight excluding hydrogens is 210 g/mol. The minimum Gasteiger partial charge on any atom is -0.370 e. The van der Waals surface area contributed by atoms with E-state index in [-0.39, 0.29) is 0 Å². The molecule has 4 unspecified atom stereocenters. The maximum atomic E-state index is 4.50. The Morgan fingerprint density at radius 3 is 3.35 bits per heavy atom. The van der Waals surface area contributed by atoms with Crippen molar-refractivity contribution in [1.29, 1.82) is 0 Å². The fraction of sp³-hybridized carbons (Fsp3) is 0.786. The van der Waals surface area contributed by atoms with Gasteiger partial charge in [-0.3, -0.25) is 4.99 Å². The molecule has 0 radical (unpaired) electrons. The number of hydrogen-bond donors (Lipinski definition) is 1. The van der Waals surface area contributed by atoms with E-state index in [0.717, 1.165) is 36.9 Å². The van der Waals surface area contributed by atoms with E-state index < -0.39 is 0 Å². The number of nitrogens with one attached hydrogen (secondary N) is 1. The predicted molar refractivity (Wildman–Crippen MR) is 69.1 cm³/mol. The Bertz CT molecular complexity index is 374. The van der Waals surface area contributed by atoms with Crippen LogP contribution in [0.3, 0.4) is 0 Å². The van der Waals surface area contributed by atoms with E-state index in [1.54, 1.807) is 5.70 Å². The van der Waals surface area contributed by atoms with Crippen LogP contribution < -0.4 is 5.32 Å². The highest BCUT2D eigenvalue weighted by Crippen LogP contribution is 2.48. The lowest BCUT2D eigenvalue weighted by molar-refractivity contribution is 0.141. The van der Waals surface area contributed by atoms with Gasteiger partial charge in [0.2, 0.25) is 0 Å². The van der Waals surface area contributed by atoms with Crippen LogP contribution in [0, 0.1) is 17.8 Å². The molecule has 4 rings (SSSR count). The molecule has 92 valence electrons. The molecule has 0 bridgehead atoms. The third-order valence-electron chi connectivity index (χ3n) is 5.21. The Hall–Kier alpha value is -0.830. The van der Waals surface area contributed by atoms with Gasteiger partial charge in [0.15, 0.2) is 0 Å². The molecule has 1 N–H and O–H groups in total. The topological polar surface area (TPSA) is 27.6 Å². The highest BCUT2D eigenvalue weighted by atomic mass is 15.2. The number of nitrogens with zero attached hydrogens (tertiary/aromatic N) is 2. The SMILES string of the molecule is C1=NCC2C(=C1)N1CCNCC3CCCC2C31. The van der Waals surface area contributed by atoms with Crippen LogP contribution >= 0.6 is 0 Å². The Labute approximate surface area is 103 Å². The monoisotopic (exact) mass is 231 g/mol. The van der Waals surface area contributed by atoms with Gasteiger partial charge in [0, 0.05) is 43.5 Å². The van der Waals surface area contributed by atoms with Crippen molar-refractivity contribution in [2.24, 2.45) is 22.7 Å². The average Bonchev–Trinajstić information content (AvgIpc) is 2.56. The van der Waals surface area contributed by atoms with E-state index in [1.165, 1.54) is 32.4 Å². The van der Waals surface area contributed by atoms with Crippen LogP contribution in [0.2, 0.25) is 0 Å². The summed E-state index contributed by atoms with van der Waals surface area (Å²) < 4.78 is 0. The number of rotatable bonds is 0. The molecule has 1 saturated carbocycles. The third-order valence-corrected chi connectivity index (χ3v) is 5.21. The maximum Gasteiger partial charge on any atom is 0.0475 e. The van der Waals surface area contributed by atoms with Gasteiger partial charge in [-0.15, -0.1) is 0 Å². The smallest absolute Gasteiger partial charge is 0.0475 e. The predicted octanol–water partition coefficient (Wildman–Crippen LogP) is 1.27. The molecule has 4 atom stereocenters. The summed E-state index contributed by atoms with van der Waals surface area (Å²) in [7, 11) is 0. The van der Waals surface area contributed by atoms with Gasteiger partial charge >= 0.3 is 0 Å². The van der Waals surface area contributed by atoms with Gasteiger partial charge in [-0.1, -0.05) is 6.42 Å². The molecule has 1 aliphatic carbocycles. The van der Waals surface area contributed by atoms with E-state index in [0.29, 0.717) is 0 Å². The van der Waals surface area contributed by atoms with Crippen LogP contribution in [0.1, 0.15) is 19.3 Å². The highest BCUT2D eigenvalue weighted by Gasteiger charge is 2.49. The fourth-order valence-electron chi connectivity index (χ4n) is 4.58. The zero-order chi connectivity index (χ0) is 11.2. The molecule has 3 nitrogen and oxygen atoms in total. The second-order valence-corrected chi connectivity index (χ2v) is 5.96. The molecular formula is C14H21N3. The van der Waals surface area contributed by atoms with Crippen molar-refractivity contribution in [2.45, 2.75) is 25.3 Å². The second kappa shape index (κ2) is 3.84. The van der Waals surface area contributed by atoms with Crippen LogP contribution in [0.4, 0.5) is 0 Å². The standard InChI is InChI=1S/C14H21N3/c1-2-10-8-16-6-7-17-13-4-5-15-9-12(13)11(3-1)14(10)17/h4-5,10-12,14,16H,1-3,6-9H2. The molecule has 3 heteroatoms. The summed E-state index contributed by atoms with van der Waals surface area (Å²) >= 11 is 0. The van der Waals surface area contributed by atoms with Crippen LogP contribution in [-0.2, 0) is 0 Å². The third kappa shape index (κ3) is 1.41. The van der Waals surface area contributed by atoms with Crippen LogP contribution in [0.25, 0.3) is 0 Å². The van der Waals surface area contributed by atoms with Gasteiger partial charge in [-0.25, -0.2) is 0 Å². The van der Waals surface area contributed by atoms with E-state index in [2.05, 4.69) is 21.3 Å². The summed E-state index contributed by atoms with van der Waals surface area (Å²) in [5.74, 6) is 2.51. The van der Waals surface area contributed by atoms with Crippen LogP contribution in [0.5, 0.6) is 0 Å². The summed E-state index contributed by atoms with van der Waals surface area (Å²) in [6.07, 6.45) is 8.58. The Kier molecular flexibility index (Phi) is 2.29. The lowest BCUT2D eigenvalue weighted by atomic mass is 9.73. The summed E-state index contributed by atoms with van der Waals surface area (Å²) in [5.41, 5.74) is 1.60. The summed E-state index contributed by atoms with van der Waals surface area (Å²) in [6, 6.07) is 0.816. The fourth-order valence-corrected chi connectivity index (χ4v) is 4.58. The summed E-state index contributed by atoms with van der Waals surface area (Å²) in [4.78, 5) is 7.23. The molecule has 3 heterocycles. The van der Waals surface area contributed by atoms with Crippen LogP contribution in [0.15, 0.2) is 16.8 Å². The van der Waals surface area contributed by atoms with E-state index in [9.17, 15) is 0 Å². The number of aliphatic imine (C=N–C) groups is 1. The molecule has 3 aliphatic heterocycles. The average molecular weight is 231 g/mol. The Morgan fingerprint density at radius 1 is 1.35 bits per heavy atom. The quantitative estimate of drug-likeness (QED) is 0.680. The van der Waals surface area contributed by atoms with Gasteiger partial charge < -0.3 is 10.2 Å². The van der Waals surface area contributed by atoms with Gasteiger partial charge in [0.25, 0.3) is 0 Å². The van der Waals surface area contributed by atoms with Gasteiger partial charge in [-0.2, -0.15) is 0 Å². The first-order chi connectivity index (χ1) is 8.45. The molecule has 2 saturated heterocycles. The number of allylic oxidation sites excluding steroid dienone is 1. The van der Waals surface area contributed by atoms with Gasteiger partial charge in [0.1, 0.15) is 0 Å². The minimum atomic E-state index is 0.742. The molecule has 0 amide bonds. The van der Waals surface area contributed by atoms with E-state index in [4.69, 9.17) is 0 Å². The zero-order valence-electron chi connectivity index (χ0n) is 10.3. The Morgan fingerprint density at radius 2 is 2.35 bits per heavy atom. The molecule has 0 aromatic heterocycles. The van der Waals surface area contributed by atoms with Crippen molar-refractivity contribution in [3.05, 3.63) is 11.8 Å². The normalized spacial score (nSPS) is 43.8. The van der Waals surface area contributed by atoms with Crippen molar-refractivity contribution >= 4 is 6.21 Å². The van der Waals surface area contributed by atoms with Crippen molar-refractivity contribution < 1.29 is 0 Å². The minimum absolute atomic E-state index is 0.742. The van der Waals surface area contributed by atoms with Crippen molar-refractivity contribution in [3.63, 3.8) is 0 Å². The lowest BCUT2D eigenvalue weighted by Gasteiger charge is -2.37. The van der Waals surface area contributed by atoms with Gasteiger partial charge in [0.05, 0.1) is 0 Å². The van der Waals surface area contributed by atoms with Crippen LogP contribution in [-0.4, -0.2) is 43.3 Å². The molecule has 3 fully saturated rings. The van der Waals surface area contributed by atoms with E-state index in [1.807, 2.05) is 6.21 Å². The van der Waals surface area contributed by atoms with Crippen molar-refractivity contribution in [2.75, 3.05) is 26.2 Å². The lowest BCUT2D eigenvalue weighted by Crippen LogP contribution is -2.42.